The maximum absolute atomic E-state index is 13.5. The molecule has 1 N–H and O–H groups in total. The molecule has 1 aromatic heterocycles. The van der Waals surface area contributed by atoms with Crippen LogP contribution in [-0.2, 0) is 11.2 Å². The van der Waals surface area contributed by atoms with Crippen LogP contribution in [-0.4, -0.2) is 37.2 Å². The average molecular weight is 403 g/mol. The zero-order valence-corrected chi connectivity index (χ0v) is 18.4. The number of ketones is 1. The summed E-state index contributed by atoms with van der Waals surface area (Å²) in [7, 11) is 3.83. The molecule has 4 saturated carbocycles. The number of nitrogens with one attached hydrogen (secondary N) is 1. The fourth-order valence-corrected chi connectivity index (χ4v) is 7.32. The van der Waals surface area contributed by atoms with Crippen LogP contribution >= 0.6 is 11.3 Å². The van der Waals surface area contributed by atoms with Crippen molar-refractivity contribution in [2.45, 2.75) is 64.7 Å². The number of aryl methyl sites for hydroxylation is 1. The Balaban J connectivity index is 1.55. The molecule has 0 saturated heterocycles. The Morgan fingerprint density at radius 3 is 2.29 bits per heavy atom. The predicted molar refractivity (Wildman–Crippen MR) is 115 cm³/mol. The van der Waals surface area contributed by atoms with E-state index in [-0.39, 0.29) is 17.1 Å². The van der Waals surface area contributed by atoms with Crippen LogP contribution in [0, 0.1) is 23.2 Å². The van der Waals surface area contributed by atoms with Gasteiger partial charge in [0, 0.05) is 4.88 Å². The van der Waals surface area contributed by atoms with Crippen molar-refractivity contribution in [3.63, 3.8) is 0 Å². The molecule has 1 amide bonds. The van der Waals surface area contributed by atoms with E-state index in [0.29, 0.717) is 12.1 Å². The fourth-order valence-electron chi connectivity index (χ4n) is 6.21. The number of hydrogen-bond acceptors (Lipinski definition) is 4. The SMILES string of the molecule is CCCCc1cc(C(=O)CN(C)C)c(NC(=O)C23CC4CC(CC(C4)C2)C3)s1. The molecule has 154 valence electrons. The molecular formula is C23H34N2O2S. The molecule has 0 atom stereocenters. The Kier molecular flexibility index (Phi) is 5.67. The van der Waals surface area contributed by atoms with E-state index >= 15 is 0 Å². The topological polar surface area (TPSA) is 49.4 Å². The largest absolute Gasteiger partial charge is 0.317 e. The summed E-state index contributed by atoms with van der Waals surface area (Å²) < 4.78 is 0. The van der Waals surface area contributed by atoms with Gasteiger partial charge in [0.05, 0.1) is 17.5 Å². The molecule has 4 fully saturated rings. The summed E-state index contributed by atoms with van der Waals surface area (Å²) in [6.45, 7) is 2.56. The number of anilines is 1. The first-order valence-corrected chi connectivity index (χ1v) is 11.8. The standard InChI is InChI=1S/C23H34N2O2S/c1-4-5-6-18-10-19(20(26)14-25(2)3)21(28-18)24-22(27)23-11-15-7-16(12-23)9-17(8-15)13-23/h10,15-17H,4-9,11-14H2,1-3H3,(H,24,27). The number of carbonyl (C=O) groups is 2. The van der Waals surface area contributed by atoms with Gasteiger partial charge in [-0.3, -0.25) is 9.59 Å². The van der Waals surface area contributed by atoms with Crippen LogP contribution < -0.4 is 5.32 Å². The highest BCUT2D eigenvalue weighted by atomic mass is 32.1. The second-order valence-corrected chi connectivity index (χ2v) is 11.0. The number of unbranched alkanes of at least 4 members (excludes halogenated alkanes) is 1. The minimum Gasteiger partial charge on any atom is -0.317 e. The highest BCUT2D eigenvalue weighted by Gasteiger charge is 2.54. The third-order valence-electron chi connectivity index (χ3n) is 7.07. The average Bonchev–Trinajstić information content (AvgIpc) is 3.01. The molecular weight excluding hydrogens is 368 g/mol. The molecule has 5 rings (SSSR count). The van der Waals surface area contributed by atoms with E-state index in [4.69, 9.17) is 0 Å². The van der Waals surface area contributed by atoms with Gasteiger partial charge in [-0.05, 0) is 89.3 Å². The first kappa shape index (κ1) is 20.1. The highest BCUT2D eigenvalue weighted by molar-refractivity contribution is 7.16. The summed E-state index contributed by atoms with van der Waals surface area (Å²) in [5.41, 5.74) is 0.535. The quantitative estimate of drug-likeness (QED) is 0.623. The minimum absolute atomic E-state index is 0.102. The number of likely N-dealkylation sites (N-methyl/N-ethyl adjacent to an activating group) is 1. The van der Waals surface area contributed by atoms with Gasteiger partial charge < -0.3 is 10.2 Å². The van der Waals surface area contributed by atoms with Crippen molar-refractivity contribution in [2.75, 3.05) is 26.0 Å². The number of carbonyl (C=O) groups excluding carboxylic acids is 2. The van der Waals surface area contributed by atoms with Crippen molar-refractivity contribution in [3.05, 3.63) is 16.5 Å². The van der Waals surface area contributed by atoms with Crippen LogP contribution in [0.25, 0.3) is 0 Å². The van der Waals surface area contributed by atoms with Crippen molar-refractivity contribution >= 4 is 28.0 Å². The predicted octanol–water partition coefficient (Wildman–Crippen LogP) is 4.99. The summed E-state index contributed by atoms with van der Waals surface area (Å²) >= 11 is 1.62. The van der Waals surface area contributed by atoms with Crippen LogP contribution in [0.4, 0.5) is 5.00 Å². The summed E-state index contributed by atoms with van der Waals surface area (Å²) in [5, 5.41) is 4.05. The molecule has 28 heavy (non-hydrogen) atoms. The summed E-state index contributed by atoms with van der Waals surface area (Å²) in [6, 6.07) is 2.03. The van der Waals surface area contributed by atoms with Crippen molar-refractivity contribution < 1.29 is 9.59 Å². The highest BCUT2D eigenvalue weighted by Crippen LogP contribution is 2.60. The lowest BCUT2D eigenvalue weighted by atomic mass is 9.49. The Labute approximate surface area is 173 Å². The molecule has 4 aliphatic rings. The Morgan fingerprint density at radius 2 is 1.75 bits per heavy atom. The Bertz CT molecular complexity index is 716. The number of hydrogen-bond donors (Lipinski definition) is 1. The summed E-state index contributed by atoms with van der Waals surface area (Å²) in [5.74, 6) is 2.53. The maximum atomic E-state index is 13.5. The first-order chi connectivity index (χ1) is 13.4. The van der Waals surface area contributed by atoms with E-state index in [1.54, 1.807) is 11.3 Å². The van der Waals surface area contributed by atoms with E-state index in [1.165, 1.54) is 24.1 Å². The molecule has 0 aliphatic heterocycles. The number of rotatable bonds is 8. The fraction of sp³-hybridized carbons (Fsp3) is 0.739. The number of amides is 1. The van der Waals surface area contributed by atoms with Gasteiger partial charge in [-0.1, -0.05) is 13.3 Å². The zero-order valence-electron chi connectivity index (χ0n) is 17.6. The summed E-state index contributed by atoms with van der Waals surface area (Å²) in [4.78, 5) is 29.4. The number of thiophene rings is 1. The van der Waals surface area contributed by atoms with Crippen LogP contribution in [0.5, 0.6) is 0 Å². The third-order valence-corrected chi connectivity index (χ3v) is 8.18. The lowest BCUT2D eigenvalue weighted by molar-refractivity contribution is -0.140. The number of Topliss-reactive ketones (excluding diaryl/α,β-unsaturated/α-hetero) is 1. The minimum atomic E-state index is -0.176. The second kappa shape index (κ2) is 7.91. The molecule has 1 heterocycles. The molecule has 0 radical (unpaired) electrons. The van der Waals surface area contributed by atoms with Crippen molar-refractivity contribution in [2.24, 2.45) is 23.2 Å². The second-order valence-electron chi connectivity index (χ2n) is 9.87. The maximum Gasteiger partial charge on any atom is 0.231 e. The molecule has 1 aromatic rings. The number of nitrogens with zero attached hydrogens (tertiary/aromatic N) is 1. The molecule has 5 heteroatoms. The van der Waals surface area contributed by atoms with E-state index < -0.39 is 0 Å². The monoisotopic (exact) mass is 402 g/mol. The summed E-state index contributed by atoms with van der Waals surface area (Å²) in [6.07, 6.45) is 10.4. The van der Waals surface area contributed by atoms with Gasteiger partial charge in [0.2, 0.25) is 5.91 Å². The van der Waals surface area contributed by atoms with Gasteiger partial charge in [0.25, 0.3) is 0 Å². The van der Waals surface area contributed by atoms with Crippen molar-refractivity contribution in [1.82, 2.24) is 4.90 Å². The van der Waals surface area contributed by atoms with Crippen LogP contribution in [0.1, 0.15) is 73.5 Å². The van der Waals surface area contributed by atoms with Crippen LogP contribution in [0.2, 0.25) is 0 Å². The van der Waals surface area contributed by atoms with Crippen molar-refractivity contribution in [1.29, 1.82) is 0 Å². The molecule has 0 unspecified atom stereocenters. The van der Waals surface area contributed by atoms with Gasteiger partial charge in [0.15, 0.2) is 5.78 Å². The first-order valence-electron chi connectivity index (χ1n) is 11.0. The molecule has 4 aliphatic carbocycles. The smallest absolute Gasteiger partial charge is 0.231 e. The van der Waals surface area contributed by atoms with E-state index in [9.17, 15) is 9.59 Å². The molecule has 4 nitrogen and oxygen atoms in total. The Morgan fingerprint density at radius 1 is 1.14 bits per heavy atom. The lowest BCUT2D eigenvalue weighted by Crippen LogP contribution is -2.51. The molecule has 0 aromatic carbocycles. The Hall–Kier alpha value is -1.20. The lowest BCUT2D eigenvalue weighted by Gasteiger charge is -2.55. The third kappa shape index (κ3) is 3.93. The van der Waals surface area contributed by atoms with Gasteiger partial charge in [0.1, 0.15) is 5.00 Å². The van der Waals surface area contributed by atoms with Gasteiger partial charge in [-0.25, -0.2) is 0 Å². The van der Waals surface area contributed by atoms with Crippen LogP contribution in [0.3, 0.4) is 0 Å². The molecule has 4 bridgehead atoms. The van der Waals surface area contributed by atoms with Gasteiger partial charge >= 0.3 is 0 Å². The molecule has 0 spiro atoms. The van der Waals surface area contributed by atoms with E-state index in [1.807, 2.05) is 25.1 Å². The normalized spacial score (nSPS) is 30.8. The van der Waals surface area contributed by atoms with Crippen molar-refractivity contribution in [3.8, 4) is 0 Å². The van der Waals surface area contributed by atoms with Gasteiger partial charge in [-0.2, -0.15) is 0 Å². The van der Waals surface area contributed by atoms with E-state index in [0.717, 1.165) is 61.3 Å². The van der Waals surface area contributed by atoms with Gasteiger partial charge in [-0.15, -0.1) is 11.3 Å². The van der Waals surface area contributed by atoms with Crippen LogP contribution in [0.15, 0.2) is 6.07 Å². The van der Waals surface area contributed by atoms with E-state index in [2.05, 4.69) is 12.2 Å². The zero-order chi connectivity index (χ0) is 19.9.